The zero-order valence-electron chi connectivity index (χ0n) is 56.0. The Bertz CT molecular complexity index is 1240. The number of allylic oxidation sites excluding steroid dienone is 2. The van der Waals surface area contributed by atoms with Crippen LogP contribution < -0.4 is 5.32 Å². The highest BCUT2D eigenvalue weighted by atomic mass is 16.5. The van der Waals surface area contributed by atoms with Crippen molar-refractivity contribution in [1.82, 2.24) is 5.32 Å². The highest BCUT2D eigenvalue weighted by Crippen LogP contribution is 2.20. The van der Waals surface area contributed by atoms with Crippen LogP contribution in [0.1, 0.15) is 438 Å². The van der Waals surface area contributed by atoms with Crippen LogP contribution in [0.15, 0.2) is 12.2 Å². The van der Waals surface area contributed by atoms with Gasteiger partial charge in [0.1, 0.15) is 0 Å². The van der Waals surface area contributed by atoms with E-state index in [0.29, 0.717) is 25.9 Å². The molecule has 0 aliphatic heterocycles. The van der Waals surface area contributed by atoms with Gasteiger partial charge in [-0.25, -0.2) is 0 Å². The number of aliphatic hydroxyl groups is 2. The lowest BCUT2D eigenvalue weighted by Crippen LogP contribution is -2.45. The average Bonchev–Trinajstić information content (AvgIpc) is 3.48. The van der Waals surface area contributed by atoms with Crippen LogP contribution in [-0.4, -0.2) is 47.4 Å². The second-order valence-electron chi connectivity index (χ2n) is 26.3. The topological polar surface area (TPSA) is 95.9 Å². The van der Waals surface area contributed by atoms with Crippen LogP contribution in [0.3, 0.4) is 0 Å². The maximum atomic E-state index is 12.5. The molecule has 0 radical (unpaired) electrons. The number of rotatable bonds is 72. The molecule has 0 aromatic heterocycles. The largest absolute Gasteiger partial charge is 0.466 e. The fourth-order valence-corrected chi connectivity index (χ4v) is 12.3. The van der Waals surface area contributed by atoms with Crippen LogP contribution in [0.4, 0.5) is 0 Å². The summed E-state index contributed by atoms with van der Waals surface area (Å²) in [5.74, 6) is -0.0109. The highest BCUT2D eigenvalue weighted by molar-refractivity contribution is 5.76. The molecule has 0 aromatic carbocycles. The lowest BCUT2D eigenvalue weighted by atomic mass is 10.0. The summed E-state index contributed by atoms with van der Waals surface area (Å²) in [6.07, 6.45) is 90.1. The first-order chi connectivity index (χ1) is 40.5. The van der Waals surface area contributed by atoms with Crippen LogP contribution in [-0.2, 0) is 14.3 Å². The van der Waals surface area contributed by atoms with E-state index in [9.17, 15) is 19.8 Å². The summed E-state index contributed by atoms with van der Waals surface area (Å²) < 4.78 is 5.50. The number of aliphatic hydroxyl groups excluding tert-OH is 2. The number of amides is 1. The number of esters is 1. The molecule has 0 fully saturated rings. The number of carbonyl (C=O) groups excluding carboxylic acids is 2. The minimum Gasteiger partial charge on any atom is -0.466 e. The second kappa shape index (κ2) is 72.1. The van der Waals surface area contributed by atoms with Gasteiger partial charge in [0.05, 0.1) is 25.4 Å². The van der Waals surface area contributed by atoms with Crippen molar-refractivity contribution in [2.45, 2.75) is 450 Å². The Morgan fingerprint density at radius 3 is 0.866 bits per heavy atom. The third-order valence-electron chi connectivity index (χ3n) is 18.1. The fraction of sp³-hybridized carbons (Fsp3) is 0.947. The number of ether oxygens (including phenoxy) is 1. The van der Waals surface area contributed by atoms with Crippen LogP contribution in [0.5, 0.6) is 0 Å². The van der Waals surface area contributed by atoms with Crippen LogP contribution >= 0.6 is 0 Å². The predicted octanol–water partition coefficient (Wildman–Crippen LogP) is 24.7. The Balaban J connectivity index is 3.31. The van der Waals surface area contributed by atoms with Gasteiger partial charge in [0.25, 0.3) is 0 Å². The van der Waals surface area contributed by atoms with Crippen molar-refractivity contribution < 1.29 is 24.5 Å². The van der Waals surface area contributed by atoms with Gasteiger partial charge < -0.3 is 20.3 Å². The van der Waals surface area contributed by atoms with E-state index in [2.05, 4.69) is 31.3 Å². The molecular weight excluding hydrogens is 1010 g/mol. The van der Waals surface area contributed by atoms with E-state index in [1.54, 1.807) is 0 Å². The normalized spacial score (nSPS) is 12.5. The number of unbranched alkanes of at least 4 members (excludes halogenated alkanes) is 59. The molecule has 0 heterocycles. The van der Waals surface area contributed by atoms with Gasteiger partial charge in [-0.1, -0.05) is 386 Å². The first-order valence-corrected chi connectivity index (χ1v) is 37.9. The van der Waals surface area contributed by atoms with Gasteiger partial charge in [-0.3, -0.25) is 9.59 Å². The minimum absolute atomic E-state index is 0.0148. The Kier molecular flexibility index (Phi) is 70.8. The molecule has 0 saturated heterocycles. The van der Waals surface area contributed by atoms with E-state index in [-0.39, 0.29) is 18.5 Å². The van der Waals surface area contributed by atoms with E-state index >= 15 is 0 Å². The Hall–Kier alpha value is -1.40. The monoisotopic (exact) mass is 1160 g/mol. The van der Waals surface area contributed by atoms with E-state index in [1.807, 2.05) is 0 Å². The molecule has 6 nitrogen and oxygen atoms in total. The molecule has 1 amide bonds. The quantitative estimate of drug-likeness (QED) is 0.0320. The molecular formula is C76H149NO5. The van der Waals surface area contributed by atoms with Crippen molar-refractivity contribution in [2.75, 3.05) is 13.2 Å². The fourth-order valence-electron chi connectivity index (χ4n) is 12.3. The molecule has 0 saturated carbocycles. The van der Waals surface area contributed by atoms with Crippen LogP contribution in [0, 0.1) is 0 Å². The molecule has 0 rings (SSSR count). The molecule has 2 atom stereocenters. The van der Waals surface area contributed by atoms with Crippen molar-refractivity contribution in [1.29, 1.82) is 0 Å². The molecule has 82 heavy (non-hydrogen) atoms. The van der Waals surface area contributed by atoms with Crippen molar-refractivity contribution in [3.63, 3.8) is 0 Å². The van der Waals surface area contributed by atoms with Gasteiger partial charge in [0.2, 0.25) is 5.91 Å². The van der Waals surface area contributed by atoms with E-state index in [4.69, 9.17) is 4.74 Å². The second-order valence-corrected chi connectivity index (χ2v) is 26.3. The van der Waals surface area contributed by atoms with Crippen molar-refractivity contribution in [3.05, 3.63) is 12.2 Å². The molecule has 0 aliphatic carbocycles. The zero-order chi connectivity index (χ0) is 59.2. The van der Waals surface area contributed by atoms with E-state index in [0.717, 1.165) is 44.9 Å². The first-order valence-electron chi connectivity index (χ1n) is 37.9. The Labute approximate surface area is 514 Å². The van der Waals surface area contributed by atoms with Gasteiger partial charge in [-0.2, -0.15) is 0 Å². The summed E-state index contributed by atoms with van der Waals surface area (Å²) >= 11 is 0. The number of carbonyl (C=O) groups is 2. The van der Waals surface area contributed by atoms with Gasteiger partial charge in [-0.05, 0) is 51.4 Å². The molecule has 0 bridgehead atoms. The molecule has 6 heteroatoms. The summed E-state index contributed by atoms with van der Waals surface area (Å²) in [4.78, 5) is 24.6. The zero-order valence-corrected chi connectivity index (χ0v) is 56.0. The van der Waals surface area contributed by atoms with Gasteiger partial charge in [-0.15, -0.1) is 0 Å². The van der Waals surface area contributed by atoms with Crippen molar-refractivity contribution in [2.24, 2.45) is 0 Å². The Morgan fingerprint density at radius 1 is 0.329 bits per heavy atom. The molecule has 488 valence electrons. The summed E-state index contributed by atoms with van der Waals surface area (Å²) in [5, 5.41) is 23.4. The SMILES string of the molecule is CCCCCCCC/C=C\CCCCCCCC(=O)OCCCCCCCCCCCCCCCCCCCCCCCCCCCCCCCCCCCC(=O)NC(CO)C(O)CCCCCCCCCCCCCCCCCCC. The lowest BCUT2D eigenvalue weighted by molar-refractivity contribution is -0.143. The summed E-state index contributed by atoms with van der Waals surface area (Å²) in [6.45, 7) is 4.99. The number of hydrogen-bond donors (Lipinski definition) is 3. The van der Waals surface area contributed by atoms with Crippen molar-refractivity contribution in [3.8, 4) is 0 Å². The molecule has 2 unspecified atom stereocenters. The summed E-state index contributed by atoms with van der Waals surface area (Å²) in [5.41, 5.74) is 0. The van der Waals surface area contributed by atoms with Gasteiger partial charge in [0.15, 0.2) is 0 Å². The number of hydrogen-bond acceptors (Lipinski definition) is 5. The molecule has 3 N–H and O–H groups in total. The van der Waals surface area contributed by atoms with Crippen LogP contribution in [0.25, 0.3) is 0 Å². The first kappa shape index (κ1) is 80.6. The molecule has 0 spiro atoms. The summed E-state index contributed by atoms with van der Waals surface area (Å²) in [7, 11) is 0. The number of nitrogens with one attached hydrogen (secondary N) is 1. The highest BCUT2D eigenvalue weighted by Gasteiger charge is 2.20. The Morgan fingerprint density at radius 2 is 0.573 bits per heavy atom. The third-order valence-corrected chi connectivity index (χ3v) is 18.1. The maximum absolute atomic E-state index is 12.5. The lowest BCUT2D eigenvalue weighted by Gasteiger charge is -2.22. The smallest absolute Gasteiger partial charge is 0.305 e. The minimum atomic E-state index is -0.660. The third kappa shape index (κ3) is 67.7. The maximum Gasteiger partial charge on any atom is 0.305 e. The average molecular weight is 1160 g/mol. The predicted molar refractivity (Wildman–Crippen MR) is 361 cm³/mol. The van der Waals surface area contributed by atoms with Gasteiger partial charge in [0, 0.05) is 12.8 Å². The molecule has 0 aromatic rings. The van der Waals surface area contributed by atoms with E-state index in [1.165, 1.54) is 360 Å². The van der Waals surface area contributed by atoms with Crippen LogP contribution in [0.2, 0.25) is 0 Å². The summed E-state index contributed by atoms with van der Waals surface area (Å²) in [6, 6.07) is -0.537. The van der Waals surface area contributed by atoms with Crippen molar-refractivity contribution >= 4 is 11.9 Å². The standard InChI is InChI=1S/C76H149NO5/c1-3-5-7-9-11-13-15-17-19-37-41-44-48-52-56-60-64-68-74(79)73(72-78)77-75(80)69-65-61-57-53-49-45-42-38-35-33-31-29-27-25-23-21-20-22-24-26-28-30-32-34-36-39-43-47-51-55-59-63-67-71-82-76(81)70-66-62-58-54-50-46-40-18-16-14-12-10-8-6-4-2/h18,40,73-74,78-79H,3-17,19-39,41-72H2,1-2H3,(H,77,80)/b40-18-. The van der Waals surface area contributed by atoms with Gasteiger partial charge >= 0.3 is 5.97 Å². The van der Waals surface area contributed by atoms with E-state index < -0.39 is 12.1 Å². The molecule has 0 aliphatic rings.